The summed E-state index contributed by atoms with van der Waals surface area (Å²) in [5.74, 6) is 0.195. The van der Waals surface area contributed by atoms with Crippen LogP contribution < -0.4 is 11.1 Å². The molecule has 0 heterocycles. The summed E-state index contributed by atoms with van der Waals surface area (Å²) in [6.07, 6.45) is 0.100. The monoisotopic (exact) mass is 175 g/mol. The van der Waals surface area contributed by atoms with Gasteiger partial charge in [0, 0.05) is 19.0 Å². The van der Waals surface area contributed by atoms with E-state index in [0.717, 1.165) is 0 Å². The van der Waals surface area contributed by atoms with Gasteiger partial charge < -0.3 is 21.4 Å². The zero-order valence-electron chi connectivity index (χ0n) is 7.49. The normalized spacial score (nSPS) is 17.4. The fraction of sp³-hybridized carbons (Fsp3) is 0.857. The second-order valence-corrected chi connectivity index (χ2v) is 2.95. The number of oxime groups is 1. The molecule has 0 saturated carbocycles. The summed E-state index contributed by atoms with van der Waals surface area (Å²) in [4.78, 5) is 0. The van der Waals surface area contributed by atoms with Crippen LogP contribution in [0.1, 0.15) is 20.3 Å². The SMILES string of the molecule is CC(O)CNC(C)CC(N)=NO. The molecular weight excluding hydrogens is 158 g/mol. The first kappa shape index (κ1) is 11.2. The van der Waals surface area contributed by atoms with E-state index in [9.17, 15) is 0 Å². The van der Waals surface area contributed by atoms with Crippen LogP contribution in [0.25, 0.3) is 0 Å². The van der Waals surface area contributed by atoms with E-state index in [4.69, 9.17) is 16.0 Å². The summed E-state index contributed by atoms with van der Waals surface area (Å²) in [6.45, 7) is 4.11. The summed E-state index contributed by atoms with van der Waals surface area (Å²) in [5, 5.41) is 23.0. The van der Waals surface area contributed by atoms with Gasteiger partial charge in [-0.3, -0.25) is 0 Å². The molecule has 0 radical (unpaired) electrons. The fourth-order valence-corrected chi connectivity index (χ4v) is 0.798. The van der Waals surface area contributed by atoms with Crippen LogP contribution in [-0.2, 0) is 0 Å². The van der Waals surface area contributed by atoms with Crippen molar-refractivity contribution in [2.24, 2.45) is 10.9 Å². The molecule has 2 unspecified atom stereocenters. The largest absolute Gasteiger partial charge is 0.409 e. The average Bonchev–Trinajstić information content (AvgIpc) is 2.00. The maximum absolute atomic E-state index is 8.92. The Balaban J connectivity index is 3.53. The van der Waals surface area contributed by atoms with Gasteiger partial charge in [-0.15, -0.1) is 0 Å². The van der Waals surface area contributed by atoms with Crippen molar-refractivity contribution in [2.45, 2.75) is 32.4 Å². The first-order valence-electron chi connectivity index (χ1n) is 3.94. The van der Waals surface area contributed by atoms with Crippen LogP contribution in [0.15, 0.2) is 5.16 Å². The maximum atomic E-state index is 8.92. The third-order valence-electron chi connectivity index (χ3n) is 1.41. The number of hydrogen-bond acceptors (Lipinski definition) is 4. The molecule has 5 nitrogen and oxygen atoms in total. The van der Waals surface area contributed by atoms with E-state index in [-0.39, 0.29) is 18.0 Å². The van der Waals surface area contributed by atoms with Gasteiger partial charge in [-0.1, -0.05) is 5.16 Å². The number of hydrogen-bond donors (Lipinski definition) is 4. The highest BCUT2D eigenvalue weighted by Crippen LogP contribution is 1.90. The number of nitrogens with one attached hydrogen (secondary N) is 1. The van der Waals surface area contributed by atoms with Crippen molar-refractivity contribution >= 4 is 5.84 Å². The van der Waals surface area contributed by atoms with E-state index in [0.29, 0.717) is 13.0 Å². The van der Waals surface area contributed by atoms with Crippen LogP contribution in [0, 0.1) is 0 Å². The molecule has 0 aliphatic carbocycles. The van der Waals surface area contributed by atoms with Crippen molar-refractivity contribution in [3.05, 3.63) is 0 Å². The van der Waals surface area contributed by atoms with Crippen LogP contribution >= 0.6 is 0 Å². The molecule has 5 heteroatoms. The van der Waals surface area contributed by atoms with Crippen molar-refractivity contribution in [1.82, 2.24) is 5.32 Å². The van der Waals surface area contributed by atoms with Crippen molar-refractivity contribution in [2.75, 3.05) is 6.54 Å². The highest BCUT2D eigenvalue weighted by Gasteiger charge is 2.04. The molecule has 0 spiro atoms. The molecule has 0 aromatic heterocycles. The summed E-state index contributed by atoms with van der Waals surface area (Å²) < 4.78 is 0. The maximum Gasteiger partial charge on any atom is 0.140 e. The van der Waals surface area contributed by atoms with E-state index in [1.54, 1.807) is 6.92 Å². The Morgan fingerprint density at radius 1 is 1.58 bits per heavy atom. The lowest BCUT2D eigenvalue weighted by molar-refractivity contribution is 0.187. The molecule has 0 aliphatic rings. The lowest BCUT2D eigenvalue weighted by Gasteiger charge is -2.13. The van der Waals surface area contributed by atoms with Crippen LogP contribution in [0.2, 0.25) is 0 Å². The minimum absolute atomic E-state index is 0.107. The summed E-state index contributed by atoms with van der Waals surface area (Å²) in [6, 6.07) is 0.107. The van der Waals surface area contributed by atoms with E-state index in [2.05, 4.69) is 10.5 Å². The quantitative estimate of drug-likeness (QED) is 0.196. The highest BCUT2D eigenvalue weighted by molar-refractivity contribution is 5.80. The number of nitrogens with two attached hydrogens (primary N) is 1. The molecule has 72 valence electrons. The minimum Gasteiger partial charge on any atom is -0.409 e. The predicted molar refractivity (Wildman–Crippen MR) is 47.2 cm³/mol. The summed E-state index contributed by atoms with van der Waals surface area (Å²) in [5.41, 5.74) is 5.28. The van der Waals surface area contributed by atoms with Gasteiger partial charge in [0.05, 0.1) is 6.10 Å². The molecule has 0 amide bonds. The van der Waals surface area contributed by atoms with Crippen molar-refractivity contribution in [3.63, 3.8) is 0 Å². The Hall–Kier alpha value is -0.810. The third kappa shape index (κ3) is 5.94. The molecule has 0 aromatic rings. The van der Waals surface area contributed by atoms with Crippen molar-refractivity contribution in [3.8, 4) is 0 Å². The Morgan fingerprint density at radius 2 is 2.17 bits per heavy atom. The molecule has 0 rings (SSSR count). The van der Waals surface area contributed by atoms with Gasteiger partial charge in [0.2, 0.25) is 0 Å². The number of aliphatic hydroxyl groups is 1. The summed E-state index contributed by atoms with van der Waals surface area (Å²) in [7, 11) is 0. The van der Waals surface area contributed by atoms with Crippen LogP contribution in [0.3, 0.4) is 0 Å². The predicted octanol–water partition coefficient (Wildman–Crippen LogP) is -0.518. The molecule has 0 fully saturated rings. The Labute approximate surface area is 72.3 Å². The molecule has 0 bridgehead atoms. The molecule has 5 N–H and O–H groups in total. The van der Waals surface area contributed by atoms with E-state index in [1.807, 2.05) is 6.92 Å². The minimum atomic E-state index is -0.375. The van der Waals surface area contributed by atoms with Gasteiger partial charge in [0.15, 0.2) is 0 Å². The average molecular weight is 175 g/mol. The van der Waals surface area contributed by atoms with Crippen LogP contribution in [0.4, 0.5) is 0 Å². The van der Waals surface area contributed by atoms with Crippen LogP contribution in [-0.4, -0.2) is 34.8 Å². The van der Waals surface area contributed by atoms with Gasteiger partial charge in [-0.25, -0.2) is 0 Å². The lowest BCUT2D eigenvalue weighted by Crippen LogP contribution is -2.35. The zero-order valence-corrected chi connectivity index (χ0v) is 7.49. The van der Waals surface area contributed by atoms with E-state index < -0.39 is 0 Å². The van der Waals surface area contributed by atoms with E-state index >= 15 is 0 Å². The highest BCUT2D eigenvalue weighted by atomic mass is 16.4. The number of aliphatic hydroxyl groups excluding tert-OH is 1. The Morgan fingerprint density at radius 3 is 2.58 bits per heavy atom. The van der Waals surface area contributed by atoms with E-state index in [1.165, 1.54) is 0 Å². The fourth-order valence-electron chi connectivity index (χ4n) is 0.798. The molecule has 12 heavy (non-hydrogen) atoms. The molecule has 0 aromatic carbocycles. The first-order valence-corrected chi connectivity index (χ1v) is 3.94. The van der Waals surface area contributed by atoms with Gasteiger partial charge in [0.1, 0.15) is 5.84 Å². The number of rotatable bonds is 5. The lowest BCUT2D eigenvalue weighted by atomic mass is 10.2. The molecule has 0 saturated heterocycles. The second-order valence-electron chi connectivity index (χ2n) is 2.95. The zero-order chi connectivity index (χ0) is 9.56. The number of nitrogens with zero attached hydrogens (tertiary/aromatic N) is 1. The molecule has 0 aliphatic heterocycles. The van der Waals surface area contributed by atoms with Crippen molar-refractivity contribution < 1.29 is 10.3 Å². The van der Waals surface area contributed by atoms with Gasteiger partial charge in [0.25, 0.3) is 0 Å². The Bertz CT molecular complexity index is 148. The first-order chi connectivity index (χ1) is 5.56. The smallest absolute Gasteiger partial charge is 0.140 e. The van der Waals surface area contributed by atoms with Gasteiger partial charge >= 0.3 is 0 Å². The van der Waals surface area contributed by atoms with Crippen molar-refractivity contribution in [1.29, 1.82) is 0 Å². The topological polar surface area (TPSA) is 90.9 Å². The third-order valence-corrected chi connectivity index (χ3v) is 1.41. The van der Waals surface area contributed by atoms with Gasteiger partial charge in [-0.2, -0.15) is 0 Å². The second kappa shape index (κ2) is 5.79. The van der Waals surface area contributed by atoms with Crippen LogP contribution in [0.5, 0.6) is 0 Å². The standard InChI is InChI=1S/C7H17N3O2/c1-5(3-7(8)10-12)9-4-6(2)11/h5-6,9,11-12H,3-4H2,1-2H3,(H2,8,10). The summed E-state index contributed by atoms with van der Waals surface area (Å²) >= 11 is 0. The Kier molecular flexibility index (Phi) is 5.40. The molecule has 2 atom stereocenters. The number of amidine groups is 1. The molecular formula is C7H17N3O2. The van der Waals surface area contributed by atoms with Gasteiger partial charge in [-0.05, 0) is 13.8 Å².